The first kappa shape index (κ1) is 22.5. The van der Waals surface area contributed by atoms with E-state index in [0.29, 0.717) is 11.5 Å². The van der Waals surface area contributed by atoms with Crippen molar-refractivity contribution < 1.29 is 13.2 Å². The highest BCUT2D eigenvalue weighted by molar-refractivity contribution is 7.92. The standard InChI is InChI=1S/C25H26N4O3S/c1-18-7-11-20(12-8-18)29(33(31,32)21-13-9-19(2)10-14-21)16-15-25(30)26-17-24-27-22-5-3-4-6-23(22)28-24/h3-14H,15-17H2,1-2H3,(H,26,30)(H,27,28). The van der Waals surface area contributed by atoms with Gasteiger partial charge in [0.05, 0.1) is 28.2 Å². The number of nitrogens with one attached hydrogen (secondary N) is 2. The highest BCUT2D eigenvalue weighted by Gasteiger charge is 2.25. The average molecular weight is 463 g/mol. The van der Waals surface area contributed by atoms with E-state index in [9.17, 15) is 13.2 Å². The number of amides is 1. The number of rotatable bonds is 8. The van der Waals surface area contributed by atoms with Gasteiger partial charge < -0.3 is 10.3 Å². The Kier molecular flexibility index (Phi) is 6.46. The minimum absolute atomic E-state index is 0.0131. The lowest BCUT2D eigenvalue weighted by molar-refractivity contribution is -0.121. The molecule has 0 radical (unpaired) electrons. The Bertz CT molecular complexity index is 1330. The second-order valence-corrected chi connectivity index (χ2v) is 9.82. The summed E-state index contributed by atoms with van der Waals surface area (Å²) in [6.07, 6.45) is 0.0131. The molecule has 7 nitrogen and oxygen atoms in total. The normalized spacial score (nSPS) is 11.5. The van der Waals surface area contributed by atoms with Gasteiger partial charge in [0.2, 0.25) is 5.91 Å². The molecule has 0 unspecified atom stereocenters. The Hall–Kier alpha value is -3.65. The lowest BCUT2D eigenvalue weighted by Gasteiger charge is -2.24. The van der Waals surface area contributed by atoms with E-state index >= 15 is 0 Å². The van der Waals surface area contributed by atoms with E-state index in [1.807, 2.05) is 50.2 Å². The van der Waals surface area contributed by atoms with Crippen LogP contribution in [0.15, 0.2) is 77.7 Å². The van der Waals surface area contributed by atoms with Crippen LogP contribution in [0, 0.1) is 13.8 Å². The number of benzene rings is 3. The van der Waals surface area contributed by atoms with E-state index < -0.39 is 10.0 Å². The molecule has 0 aliphatic rings. The lowest BCUT2D eigenvalue weighted by atomic mass is 10.2. The second kappa shape index (κ2) is 9.46. The molecule has 8 heteroatoms. The number of hydrogen-bond acceptors (Lipinski definition) is 4. The van der Waals surface area contributed by atoms with Gasteiger partial charge in [0.25, 0.3) is 10.0 Å². The van der Waals surface area contributed by atoms with Gasteiger partial charge in [0.15, 0.2) is 0 Å². The second-order valence-electron chi connectivity index (χ2n) is 7.95. The minimum Gasteiger partial charge on any atom is -0.349 e. The maximum Gasteiger partial charge on any atom is 0.264 e. The van der Waals surface area contributed by atoms with Crippen LogP contribution in [-0.4, -0.2) is 30.8 Å². The van der Waals surface area contributed by atoms with E-state index in [-0.39, 0.29) is 30.3 Å². The molecule has 1 amide bonds. The number of aromatic nitrogens is 2. The predicted molar refractivity (Wildman–Crippen MR) is 129 cm³/mol. The third kappa shape index (κ3) is 5.23. The zero-order valence-corrected chi connectivity index (χ0v) is 19.4. The number of hydrogen-bond donors (Lipinski definition) is 2. The van der Waals surface area contributed by atoms with Crippen molar-refractivity contribution in [3.05, 3.63) is 89.7 Å². The molecular weight excluding hydrogens is 436 g/mol. The Balaban J connectivity index is 1.48. The summed E-state index contributed by atoms with van der Waals surface area (Å²) in [6.45, 7) is 4.10. The number of nitrogens with zero attached hydrogens (tertiary/aromatic N) is 2. The molecule has 1 aromatic heterocycles. The zero-order chi connectivity index (χ0) is 23.4. The topological polar surface area (TPSA) is 95.2 Å². The van der Waals surface area contributed by atoms with Gasteiger partial charge in [-0.25, -0.2) is 13.4 Å². The third-order valence-electron chi connectivity index (χ3n) is 5.36. The fourth-order valence-electron chi connectivity index (χ4n) is 3.50. The molecule has 0 bridgehead atoms. The number of imidazole rings is 1. The highest BCUT2D eigenvalue weighted by atomic mass is 32.2. The molecule has 1 heterocycles. The summed E-state index contributed by atoms with van der Waals surface area (Å²) in [5.74, 6) is 0.388. The van der Waals surface area contributed by atoms with Crippen LogP contribution in [0.2, 0.25) is 0 Å². The van der Waals surface area contributed by atoms with Crippen LogP contribution in [0.4, 0.5) is 5.69 Å². The van der Waals surface area contributed by atoms with Gasteiger partial charge >= 0.3 is 0 Å². The average Bonchev–Trinajstić information content (AvgIpc) is 3.22. The number of fused-ring (bicyclic) bond motifs is 1. The predicted octanol–water partition coefficient (Wildman–Crippen LogP) is 4.08. The van der Waals surface area contributed by atoms with Crippen LogP contribution < -0.4 is 9.62 Å². The van der Waals surface area contributed by atoms with Crippen LogP contribution >= 0.6 is 0 Å². The van der Waals surface area contributed by atoms with Crippen molar-refractivity contribution in [1.82, 2.24) is 15.3 Å². The summed E-state index contributed by atoms with van der Waals surface area (Å²) >= 11 is 0. The summed E-state index contributed by atoms with van der Waals surface area (Å²) in [4.78, 5) is 20.4. The van der Waals surface area contributed by atoms with Gasteiger partial charge in [-0.15, -0.1) is 0 Å². The minimum atomic E-state index is -3.83. The lowest BCUT2D eigenvalue weighted by Crippen LogP contribution is -2.35. The maximum absolute atomic E-state index is 13.4. The Labute approximate surface area is 193 Å². The Morgan fingerprint density at radius 3 is 2.24 bits per heavy atom. The number of carbonyl (C=O) groups is 1. The molecule has 4 rings (SSSR count). The highest BCUT2D eigenvalue weighted by Crippen LogP contribution is 2.24. The van der Waals surface area contributed by atoms with Crippen molar-refractivity contribution in [2.75, 3.05) is 10.8 Å². The summed E-state index contributed by atoms with van der Waals surface area (Å²) < 4.78 is 28.1. The first-order chi connectivity index (χ1) is 15.8. The molecule has 0 saturated carbocycles. The number of carbonyl (C=O) groups excluding carboxylic acids is 1. The summed E-state index contributed by atoms with van der Waals surface area (Å²) in [5, 5.41) is 2.82. The number of H-pyrrole nitrogens is 1. The summed E-state index contributed by atoms with van der Waals surface area (Å²) in [5.41, 5.74) is 4.25. The van der Waals surface area contributed by atoms with Gasteiger partial charge in [-0.1, -0.05) is 47.5 Å². The quantitative estimate of drug-likeness (QED) is 0.412. The first-order valence-corrected chi connectivity index (χ1v) is 12.1. The van der Waals surface area contributed by atoms with E-state index in [1.54, 1.807) is 36.4 Å². The smallest absolute Gasteiger partial charge is 0.264 e. The van der Waals surface area contributed by atoms with E-state index in [0.717, 1.165) is 22.2 Å². The van der Waals surface area contributed by atoms with Crippen LogP contribution in [0.25, 0.3) is 11.0 Å². The van der Waals surface area contributed by atoms with Gasteiger partial charge in [0, 0.05) is 13.0 Å². The molecule has 0 aliphatic carbocycles. The van der Waals surface area contributed by atoms with Crippen LogP contribution in [0.1, 0.15) is 23.4 Å². The molecule has 0 spiro atoms. The monoisotopic (exact) mass is 462 g/mol. The first-order valence-electron chi connectivity index (χ1n) is 10.7. The number of sulfonamides is 1. The van der Waals surface area contributed by atoms with Gasteiger partial charge in [-0.2, -0.15) is 0 Å². The fraction of sp³-hybridized carbons (Fsp3) is 0.200. The molecule has 0 atom stereocenters. The third-order valence-corrected chi connectivity index (χ3v) is 7.21. The molecular formula is C25H26N4O3S. The Morgan fingerprint density at radius 1 is 0.939 bits per heavy atom. The molecule has 0 saturated heterocycles. The van der Waals surface area contributed by atoms with Crippen LogP contribution in [0.3, 0.4) is 0 Å². The number of aryl methyl sites for hydroxylation is 2. The molecule has 0 fully saturated rings. The SMILES string of the molecule is Cc1ccc(N(CCC(=O)NCc2nc3ccccc3[nH]2)S(=O)(=O)c2ccc(C)cc2)cc1. The number of para-hydroxylation sites is 2. The van der Waals surface area contributed by atoms with Gasteiger partial charge in [0.1, 0.15) is 5.82 Å². The summed E-state index contributed by atoms with van der Waals surface area (Å²) in [7, 11) is -3.83. The zero-order valence-electron chi connectivity index (χ0n) is 18.6. The van der Waals surface area contributed by atoms with Crippen molar-refractivity contribution in [1.29, 1.82) is 0 Å². The number of anilines is 1. The van der Waals surface area contributed by atoms with Crippen LogP contribution in [0.5, 0.6) is 0 Å². The summed E-state index contributed by atoms with van der Waals surface area (Å²) in [6, 6.07) is 21.6. The van der Waals surface area contributed by atoms with Crippen molar-refractivity contribution in [3.8, 4) is 0 Å². The maximum atomic E-state index is 13.4. The van der Waals surface area contributed by atoms with Crippen molar-refractivity contribution in [2.24, 2.45) is 0 Å². The molecule has 2 N–H and O–H groups in total. The number of aromatic amines is 1. The van der Waals surface area contributed by atoms with Crippen molar-refractivity contribution in [2.45, 2.75) is 31.7 Å². The van der Waals surface area contributed by atoms with E-state index in [1.165, 1.54) is 4.31 Å². The fourth-order valence-corrected chi connectivity index (χ4v) is 4.97. The molecule has 170 valence electrons. The van der Waals surface area contributed by atoms with Crippen molar-refractivity contribution >= 4 is 32.7 Å². The molecule has 4 aromatic rings. The van der Waals surface area contributed by atoms with Crippen molar-refractivity contribution in [3.63, 3.8) is 0 Å². The van der Waals surface area contributed by atoms with E-state index in [4.69, 9.17) is 0 Å². The van der Waals surface area contributed by atoms with E-state index in [2.05, 4.69) is 15.3 Å². The van der Waals surface area contributed by atoms with Crippen LogP contribution in [-0.2, 0) is 21.4 Å². The molecule has 3 aromatic carbocycles. The van der Waals surface area contributed by atoms with Gasteiger partial charge in [-0.3, -0.25) is 9.10 Å². The Morgan fingerprint density at radius 2 is 1.58 bits per heavy atom. The molecule has 0 aliphatic heterocycles. The van der Waals surface area contributed by atoms with Gasteiger partial charge in [-0.05, 0) is 50.2 Å². The largest absolute Gasteiger partial charge is 0.349 e. The molecule has 33 heavy (non-hydrogen) atoms.